The van der Waals surface area contributed by atoms with Crippen LogP contribution < -0.4 is 11.1 Å². The molecule has 3 N–H and O–H groups in total. The Bertz CT molecular complexity index is 715. The minimum Gasteiger partial charge on any atom is -0.396 e. The minimum absolute atomic E-state index is 0.119. The van der Waals surface area contributed by atoms with Crippen molar-refractivity contribution in [2.24, 2.45) is 0 Å². The molecule has 0 spiro atoms. The third-order valence-electron chi connectivity index (χ3n) is 2.56. The van der Waals surface area contributed by atoms with Crippen molar-refractivity contribution in [1.29, 1.82) is 0 Å². The molecule has 2 rings (SSSR count). The molecule has 0 atom stereocenters. The Morgan fingerprint density at radius 2 is 1.52 bits per heavy atom. The highest BCUT2D eigenvalue weighted by atomic mass is 35.5. The number of nitrogen functional groups attached to an aromatic ring is 1. The average molecular weight is 335 g/mol. The molecule has 110 valence electrons. The Morgan fingerprint density at radius 1 is 1.00 bits per heavy atom. The molecular formula is C13H7Cl2F3N2O. The van der Waals surface area contributed by atoms with Gasteiger partial charge >= 0.3 is 0 Å². The highest BCUT2D eigenvalue weighted by molar-refractivity contribution is 6.40. The summed E-state index contributed by atoms with van der Waals surface area (Å²) in [5, 5.41) is 1.82. The summed E-state index contributed by atoms with van der Waals surface area (Å²) < 4.78 is 39.9. The third-order valence-corrected chi connectivity index (χ3v) is 3.15. The third kappa shape index (κ3) is 3.22. The van der Waals surface area contributed by atoms with Crippen LogP contribution in [0.15, 0.2) is 24.3 Å². The number of carbonyl (C=O) groups is 1. The van der Waals surface area contributed by atoms with Crippen LogP contribution in [0, 0.1) is 17.5 Å². The molecule has 2 aromatic carbocycles. The highest BCUT2D eigenvalue weighted by Crippen LogP contribution is 2.32. The first-order chi connectivity index (χ1) is 9.79. The van der Waals surface area contributed by atoms with Gasteiger partial charge in [0.1, 0.15) is 11.6 Å². The number of nitrogens with one attached hydrogen (secondary N) is 1. The van der Waals surface area contributed by atoms with E-state index in [9.17, 15) is 18.0 Å². The predicted molar refractivity (Wildman–Crippen MR) is 75.1 cm³/mol. The molecule has 0 aliphatic rings. The van der Waals surface area contributed by atoms with Gasteiger partial charge in [-0.3, -0.25) is 4.79 Å². The number of anilines is 2. The van der Waals surface area contributed by atoms with Crippen LogP contribution in [0.2, 0.25) is 10.0 Å². The first kappa shape index (κ1) is 15.5. The maximum Gasteiger partial charge on any atom is 0.258 e. The molecule has 0 aromatic heterocycles. The summed E-state index contributed by atoms with van der Waals surface area (Å²) >= 11 is 11.5. The highest BCUT2D eigenvalue weighted by Gasteiger charge is 2.19. The second-order valence-electron chi connectivity index (χ2n) is 4.06. The summed E-state index contributed by atoms with van der Waals surface area (Å²) in [7, 11) is 0. The largest absolute Gasteiger partial charge is 0.396 e. The molecule has 0 aliphatic heterocycles. The molecule has 0 aliphatic carbocycles. The van der Waals surface area contributed by atoms with Crippen molar-refractivity contribution in [1.82, 2.24) is 0 Å². The van der Waals surface area contributed by atoms with Crippen LogP contribution in [0.5, 0.6) is 0 Å². The molecule has 0 saturated carbocycles. The fourth-order valence-electron chi connectivity index (χ4n) is 1.62. The van der Waals surface area contributed by atoms with Gasteiger partial charge in [0, 0.05) is 0 Å². The number of halogens is 5. The summed E-state index contributed by atoms with van der Waals surface area (Å²) in [5.41, 5.74) is 3.98. The Kier molecular flexibility index (Phi) is 4.29. The maximum atomic E-state index is 13.7. The van der Waals surface area contributed by atoms with Gasteiger partial charge in [0.25, 0.3) is 5.91 Å². The molecule has 0 saturated heterocycles. The van der Waals surface area contributed by atoms with Crippen molar-refractivity contribution < 1.29 is 18.0 Å². The first-order valence-electron chi connectivity index (χ1n) is 5.50. The van der Waals surface area contributed by atoms with Crippen LogP contribution in [0.1, 0.15) is 10.4 Å². The minimum atomic E-state index is -1.08. The lowest BCUT2D eigenvalue weighted by molar-refractivity contribution is 0.102. The van der Waals surface area contributed by atoms with Crippen molar-refractivity contribution in [3.63, 3.8) is 0 Å². The van der Waals surface area contributed by atoms with Gasteiger partial charge in [-0.15, -0.1) is 0 Å². The Morgan fingerprint density at radius 3 is 2.10 bits per heavy atom. The number of nitrogens with two attached hydrogens (primary N) is 1. The molecule has 2 aromatic rings. The van der Waals surface area contributed by atoms with E-state index in [0.717, 1.165) is 18.2 Å². The fourth-order valence-corrected chi connectivity index (χ4v) is 2.17. The lowest BCUT2D eigenvalue weighted by Gasteiger charge is -2.11. The standard InChI is InChI=1S/C13H7Cl2F3N2O/c14-8-2-6(17)3-9(15)12(8)20-13(21)7-1-5(16)4-10(19)11(7)18/h1-4H,19H2,(H,20,21). The molecule has 3 nitrogen and oxygen atoms in total. The normalized spacial score (nSPS) is 10.5. The first-order valence-corrected chi connectivity index (χ1v) is 6.25. The maximum absolute atomic E-state index is 13.7. The van der Waals surface area contributed by atoms with Gasteiger partial charge in [-0.2, -0.15) is 0 Å². The number of hydrogen-bond donors (Lipinski definition) is 2. The molecule has 0 radical (unpaired) electrons. The summed E-state index contributed by atoms with van der Waals surface area (Å²) in [6.45, 7) is 0. The van der Waals surface area contributed by atoms with E-state index in [-0.39, 0.29) is 15.7 Å². The van der Waals surface area contributed by atoms with Crippen molar-refractivity contribution in [2.45, 2.75) is 0 Å². The van der Waals surface area contributed by atoms with E-state index < -0.39 is 34.6 Å². The topological polar surface area (TPSA) is 55.1 Å². The van der Waals surface area contributed by atoms with Gasteiger partial charge in [0.05, 0.1) is 27.0 Å². The van der Waals surface area contributed by atoms with E-state index in [4.69, 9.17) is 28.9 Å². The Hall–Kier alpha value is -1.92. The predicted octanol–water partition coefficient (Wildman–Crippen LogP) is 4.25. The van der Waals surface area contributed by atoms with Crippen molar-refractivity contribution in [3.05, 3.63) is 57.3 Å². The number of amides is 1. The lowest BCUT2D eigenvalue weighted by atomic mass is 10.1. The van der Waals surface area contributed by atoms with Crippen LogP contribution in [0.25, 0.3) is 0 Å². The van der Waals surface area contributed by atoms with Crippen LogP contribution in [0.3, 0.4) is 0 Å². The molecule has 0 bridgehead atoms. The number of hydrogen-bond acceptors (Lipinski definition) is 2. The van der Waals surface area contributed by atoms with Crippen LogP contribution in [-0.2, 0) is 0 Å². The summed E-state index contributed by atoms with van der Waals surface area (Å²) in [6.07, 6.45) is 0. The summed E-state index contributed by atoms with van der Waals surface area (Å²) in [6, 6.07) is 3.25. The molecule has 21 heavy (non-hydrogen) atoms. The van der Waals surface area contributed by atoms with Gasteiger partial charge in [-0.25, -0.2) is 13.2 Å². The van der Waals surface area contributed by atoms with E-state index in [1.165, 1.54) is 0 Å². The van der Waals surface area contributed by atoms with Crippen molar-refractivity contribution in [3.8, 4) is 0 Å². The fraction of sp³-hybridized carbons (Fsp3) is 0. The van der Waals surface area contributed by atoms with Crippen LogP contribution >= 0.6 is 23.2 Å². The van der Waals surface area contributed by atoms with Crippen LogP contribution in [-0.4, -0.2) is 5.91 Å². The summed E-state index contributed by atoms with van der Waals surface area (Å²) in [4.78, 5) is 11.9. The smallest absolute Gasteiger partial charge is 0.258 e. The average Bonchev–Trinajstić information content (AvgIpc) is 2.37. The molecule has 0 unspecified atom stereocenters. The molecule has 1 amide bonds. The van der Waals surface area contributed by atoms with Crippen molar-refractivity contribution >= 4 is 40.5 Å². The van der Waals surface area contributed by atoms with E-state index in [1.807, 2.05) is 0 Å². The van der Waals surface area contributed by atoms with Gasteiger partial charge in [-0.05, 0) is 24.3 Å². The quantitative estimate of drug-likeness (QED) is 0.807. The zero-order chi connectivity index (χ0) is 15.7. The second-order valence-corrected chi connectivity index (χ2v) is 4.87. The molecule has 8 heteroatoms. The second kappa shape index (κ2) is 5.83. The van der Waals surface area contributed by atoms with Gasteiger partial charge in [0.2, 0.25) is 0 Å². The monoisotopic (exact) mass is 334 g/mol. The van der Waals surface area contributed by atoms with Crippen LogP contribution in [0.4, 0.5) is 24.5 Å². The zero-order valence-electron chi connectivity index (χ0n) is 10.2. The van der Waals surface area contributed by atoms with Gasteiger partial charge < -0.3 is 11.1 Å². The molecule has 0 fully saturated rings. The lowest BCUT2D eigenvalue weighted by Crippen LogP contribution is -2.16. The molecule has 0 heterocycles. The number of benzene rings is 2. The van der Waals surface area contributed by atoms with E-state index in [1.54, 1.807) is 0 Å². The Balaban J connectivity index is 2.40. The number of carbonyl (C=O) groups excluding carboxylic acids is 1. The Labute approximate surface area is 127 Å². The van der Waals surface area contributed by atoms with Crippen molar-refractivity contribution in [2.75, 3.05) is 11.1 Å². The number of rotatable bonds is 2. The van der Waals surface area contributed by atoms with E-state index in [0.29, 0.717) is 6.07 Å². The van der Waals surface area contributed by atoms with Gasteiger partial charge in [0.15, 0.2) is 5.82 Å². The molecular weight excluding hydrogens is 328 g/mol. The zero-order valence-corrected chi connectivity index (χ0v) is 11.7. The SMILES string of the molecule is Nc1cc(F)cc(C(=O)Nc2c(Cl)cc(F)cc2Cl)c1F. The van der Waals surface area contributed by atoms with Gasteiger partial charge in [-0.1, -0.05) is 23.2 Å². The van der Waals surface area contributed by atoms with E-state index in [2.05, 4.69) is 5.32 Å². The van der Waals surface area contributed by atoms with E-state index >= 15 is 0 Å². The summed E-state index contributed by atoms with van der Waals surface area (Å²) in [5.74, 6) is -3.68.